The summed E-state index contributed by atoms with van der Waals surface area (Å²) in [4.78, 5) is 12.7. The van der Waals surface area contributed by atoms with Gasteiger partial charge in [0.05, 0.1) is 25.0 Å². The minimum absolute atomic E-state index is 0.101. The molecule has 1 N–H and O–H groups in total. The number of aromatic nitrogens is 2. The van der Waals surface area contributed by atoms with Gasteiger partial charge in [-0.2, -0.15) is 0 Å². The monoisotopic (exact) mass is 453 g/mol. The minimum atomic E-state index is -0.147. The number of aryl methyl sites for hydroxylation is 1. The number of rotatable bonds is 7. The lowest BCUT2D eigenvalue weighted by Gasteiger charge is -2.23. The molecule has 0 saturated heterocycles. The molecular weight excluding hydrogens is 426 g/mol. The number of nitrogens with zero attached hydrogens (tertiary/aromatic N) is 2. The van der Waals surface area contributed by atoms with Gasteiger partial charge in [0, 0.05) is 12.0 Å². The van der Waals surface area contributed by atoms with E-state index >= 15 is 0 Å². The second-order valence-electron chi connectivity index (χ2n) is 8.08. The van der Waals surface area contributed by atoms with Crippen LogP contribution >= 0.6 is 11.8 Å². The fourth-order valence-electron chi connectivity index (χ4n) is 3.51. The molecule has 1 atom stereocenters. The van der Waals surface area contributed by atoms with Crippen LogP contribution in [0.4, 0.5) is 0 Å². The second-order valence-corrected chi connectivity index (χ2v) is 9.00. The molecular formula is C24H27N3O4S. The van der Waals surface area contributed by atoms with Crippen LogP contribution in [0.3, 0.4) is 0 Å². The molecule has 8 heteroatoms. The molecule has 0 spiro atoms. The van der Waals surface area contributed by atoms with Crippen LogP contribution in [0.15, 0.2) is 52.1 Å². The highest BCUT2D eigenvalue weighted by Gasteiger charge is 2.22. The average Bonchev–Trinajstić information content (AvgIpc) is 3.13. The summed E-state index contributed by atoms with van der Waals surface area (Å²) in [5.74, 6) is 2.20. The van der Waals surface area contributed by atoms with E-state index in [1.54, 1.807) is 0 Å². The summed E-state index contributed by atoms with van der Waals surface area (Å²) in [7, 11) is 0. The van der Waals surface area contributed by atoms with Crippen molar-refractivity contribution in [3.05, 3.63) is 53.6 Å². The molecule has 1 amide bonds. The van der Waals surface area contributed by atoms with E-state index in [-0.39, 0.29) is 23.6 Å². The van der Waals surface area contributed by atoms with Gasteiger partial charge in [-0.05, 0) is 42.7 Å². The van der Waals surface area contributed by atoms with E-state index in [2.05, 4.69) is 29.4 Å². The molecule has 2 aromatic carbocycles. The first-order valence-electron chi connectivity index (χ1n) is 10.7. The number of fused-ring (bicyclic) bond motifs is 1. The molecule has 1 aliphatic heterocycles. The topological polar surface area (TPSA) is 86.5 Å². The van der Waals surface area contributed by atoms with Gasteiger partial charge in [0.2, 0.25) is 11.8 Å². The number of ether oxygens (including phenoxy) is 2. The van der Waals surface area contributed by atoms with Crippen LogP contribution in [0.25, 0.3) is 11.5 Å². The molecule has 0 saturated carbocycles. The van der Waals surface area contributed by atoms with E-state index in [1.807, 2.05) is 49.4 Å². The Morgan fingerprint density at radius 2 is 1.91 bits per heavy atom. The largest absolute Gasteiger partial charge is 0.490 e. The zero-order chi connectivity index (χ0) is 22.5. The number of benzene rings is 2. The standard InChI is InChI=1S/C24H27N3O4S/c1-15(2)22(17-8-9-19-20(13-17)30-11-5-10-29-19)25-21(28)14-32-24-27-26-23(31-24)18-7-4-6-16(3)12-18/h4,6-9,12-13,15,22H,5,10-11,14H2,1-3H3,(H,25,28)/t22-/m0/s1. The van der Waals surface area contributed by atoms with Crippen LogP contribution in [0, 0.1) is 12.8 Å². The Hall–Kier alpha value is -3.00. The van der Waals surface area contributed by atoms with E-state index < -0.39 is 0 Å². The quantitative estimate of drug-likeness (QED) is 0.514. The number of amides is 1. The van der Waals surface area contributed by atoms with Crippen molar-refractivity contribution < 1.29 is 18.7 Å². The first-order chi connectivity index (χ1) is 15.5. The summed E-state index contributed by atoms with van der Waals surface area (Å²) in [6.45, 7) is 7.43. The van der Waals surface area contributed by atoms with Gasteiger partial charge in [0.25, 0.3) is 5.22 Å². The van der Waals surface area contributed by atoms with Crippen molar-refractivity contribution in [3.63, 3.8) is 0 Å². The summed E-state index contributed by atoms with van der Waals surface area (Å²) in [6.07, 6.45) is 0.854. The maximum atomic E-state index is 12.7. The van der Waals surface area contributed by atoms with Crippen LogP contribution in [-0.2, 0) is 4.79 Å². The van der Waals surface area contributed by atoms with E-state index in [4.69, 9.17) is 13.9 Å². The highest BCUT2D eigenvalue weighted by atomic mass is 32.2. The predicted octanol–water partition coefficient (Wildman–Crippen LogP) is 4.81. The molecule has 0 fully saturated rings. The van der Waals surface area contributed by atoms with Gasteiger partial charge in [-0.1, -0.05) is 49.4 Å². The third-order valence-electron chi connectivity index (χ3n) is 5.11. The SMILES string of the molecule is Cc1cccc(-c2nnc(SCC(=O)N[C@H](c3ccc4c(c3)OCCCO4)C(C)C)o2)c1. The van der Waals surface area contributed by atoms with Gasteiger partial charge in [-0.3, -0.25) is 4.79 Å². The third-order valence-corrected chi connectivity index (χ3v) is 5.93. The summed E-state index contributed by atoms with van der Waals surface area (Å²) >= 11 is 1.23. The lowest BCUT2D eigenvalue weighted by atomic mass is 9.95. The molecule has 4 rings (SSSR count). The average molecular weight is 454 g/mol. The second kappa shape index (κ2) is 10.1. The van der Waals surface area contributed by atoms with Crippen molar-refractivity contribution in [3.8, 4) is 23.0 Å². The molecule has 32 heavy (non-hydrogen) atoms. The van der Waals surface area contributed by atoms with Gasteiger partial charge >= 0.3 is 0 Å². The summed E-state index contributed by atoms with van der Waals surface area (Å²) in [5.41, 5.74) is 2.97. The predicted molar refractivity (Wildman–Crippen MR) is 123 cm³/mol. The molecule has 1 aromatic heterocycles. The zero-order valence-corrected chi connectivity index (χ0v) is 19.3. The Bertz CT molecular complexity index is 1080. The fraction of sp³-hybridized carbons (Fsp3) is 0.375. The number of carbonyl (C=O) groups excluding carboxylic acids is 1. The minimum Gasteiger partial charge on any atom is -0.490 e. The third kappa shape index (κ3) is 5.43. The molecule has 0 unspecified atom stereocenters. The zero-order valence-electron chi connectivity index (χ0n) is 18.5. The van der Waals surface area contributed by atoms with Gasteiger partial charge < -0.3 is 19.2 Å². The van der Waals surface area contributed by atoms with Crippen molar-refractivity contribution in [2.45, 2.75) is 38.5 Å². The number of hydrogen-bond acceptors (Lipinski definition) is 7. The summed E-state index contributed by atoms with van der Waals surface area (Å²) in [5, 5.41) is 11.6. The molecule has 1 aliphatic rings. The number of nitrogens with one attached hydrogen (secondary N) is 1. The lowest BCUT2D eigenvalue weighted by molar-refractivity contribution is -0.119. The molecule has 0 aliphatic carbocycles. The van der Waals surface area contributed by atoms with Crippen LogP contribution in [0.5, 0.6) is 11.5 Å². The Kier molecular flexibility index (Phi) is 6.99. The van der Waals surface area contributed by atoms with E-state index in [9.17, 15) is 4.79 Å². The van der Waals surface area contributed by atoms with Gasteiger partial charge in [-0.15, -0.1) is 10.2 Å². The van der Waals surface area contributed by atoms with Crippen LogP contribution in [0.1, 0.15) is 37.4 Å². The molecule has 7 nitrogen and oxygen atoms in total. The smallest absolute Gasteiger partial charge is 0.277 e. The van der Waals surface area contributed by atoms with E-state index in [0.29, 0.717) is 24.3 Å². The lowest BCUT2D eigenvalue weighted by Crippen LogP contribution is -2.33. The fourth-order valence-corrected chi connectivity index (χ4v) is 4.09. The van der Waals surface area contributed by atoms with E-state index in [1.165, 1.54) is 11.8 Å². The number of thioether (sulfide) groups is 1. The van der Waals surface area contributed by atoms with Crippen molar-refractivity contribution >= 4 is 17.7 Å². The van der Waals surface area contributed by atoms with Crippen molar-refractivity contribution in [1.29, 1.82) is 0 Å². The molecule has 0 bridgehead atoms. The molecule has 168 valence electrons. The first kappa shape index (κ1) is 22.2. The number of carbonyl (C=O) groups is 1. The Morgan fingerprint density at radius 3 is 2.69 bits per heavy atom. The highest BCUT2D eigenvalue weighted by molar-refractivity contribution is 7.99. The Balaban J connectivity index is 1.38. The van der Waals surface area contributed by atoms with Crippen molar-refractivity contribution in [2.75, 3.05) is 19.0 Å². The van der Waals surface area contributed by atoms with Crippen molar-refractivity contribution in [1.82, 2.24) is 15.5 Å². The maximum absolute atomic E-state index is 12.7. The molecule has 2 heterocycles. The van der Waals surface area contributed by atoms with Gasteiger partial charge in [0.1, 0.15) is 0 Å². The Morgan fingerprint density at radius 1 is 1.09 bits per heavy atom. The van der Waals surface area contributed by atoms with Crippen molar-refractivity contribution in [2.24, 2.45) is 5.92 Å². The van der Waals surface area contributed by atoms with Crippen LogP contribution < -0.4 is 14.8 Å². The normalized spacial score (nSPS) is 14.1. The maximum Gasteiger partial charge on any atom is 0.277 e. The summed E-state index contributed by atoms with van der Waals surface area (Å²) < 4.78 is 17.2. The molecule has 3 aromatic rings. The van der Waals surface area contributed by atoms with Gasteiger partial charge in [-0.25, -0.2) is 0 Å². The first-order valence-corrected chi connectivity index (χ1v) is 11.7. The van der Waals surface area contributed by atoms with Crippen LogP contribution in [0.2, 0.25) is 0 Å². The summed E-state index contributed by atoms with van der Waals surface area (Å²) in [6, 6.07) is 13.6. The van der Waals surface area contributed by atoms with Crippen LogP contribution in [-0.4, -0.2) is 35.1 Å². The molecule has 0 radical (unpaired) electrons. The Labute approximate surface area is 191 Å². The highest BCUT2D eigenvalue weighted by Crippen LogP contribution is 2.34. The van der Waals surface area contributed by atoms with E-state index in [0.717, 1.165) is 34.6 Å². The number of hydrogen-bond donors (Lipinski definition) is 1. The van der Waals surface area contributed by atoms with Gasteiger partial charge in [0.15, 0.2) is 11.5 Å².